The average Bonchev–Trinajstić information content (AvgIpc) is 2.46. The van der Waals surface area contributed by atoms with Crippen molar-refractivity contribution in [3.63, 3.8) is 0 Å². The number of ether oxygens (including phenoxy) is 2. The third-order valence-corrected chi connectivity index (χ3v) is 2.74. The Labute approximate surface area is 118 Å². The van der Waals surface area contributed by atoms with Crippen LogP contribution in [0.25, 0.3) is 0 Å². The van der Waals surface area contributed by atoms with Crippen LogP contribution >= 0.6 is 0 Å². The van der Waals surface area contributed by atoms with Crippen LogP contribution in [-0.2, 0) is 9.47 Å². The maximum atomic E-state index is 11.8. The van der Waals surface area contributed by atoms with E-state index in [4.69, 9.17) is 4.74 Å². The maximum Gasteiger partial charge on any atom is 0.357 e. The molecule has 1 N–H and O–H groups in total. The van der Waals surface area contributed by atoms with Crippen molar-refractivity contribution >= 4 is 17.8 Å². The summed E-state index contributed by atoms with van der Waals surface area (Å²) in [5.74, 6) is -0.638. The first-order valence-corrected chi connectivity index (χ1v) is 6.55. The van der Waals surface area contributed by atoms with E-state index in [1.807, 2.05) is 13.8 Å². The number of methoxy groups -OCH3 is 1. The number of nitrogens with zero attached hydrogens (tertiary/aromatic N) is 1. The molecule has 0 saturated carbocycles. The van der Waals surface area contributed by atoms with E-state index in [0.717, 1.165) is 6.42 Å². The van der Waals surface area contributed by atoms with Gasteiger partial charge in [0.05, 0.1) is 19.3 Å². The quantitative estimate of drug-likeness (QED) is 0.805. The summed E-state index contributed by atoms with van der Waals surface area (Å²) in [7, 11) is 1.29. The van der Waals surface area contributed by atoms with E-state index < -0.39 is 11.9 Å². The molecule has 0 radical (unpaired) electrons. The number of esters is 2. The first kappa shape index (κ1) is 15.9. The monoisotopic (exact) mass is 280 g/mol. The molecule has 0 saturated heterocycles. The van der Waals surface area contributed by atoms with Crippen LogP contribution in [0.5, 0.6) is 0 Å². The second kappa shape index (κ2) is 7.47. The summed E-state index contributed by atoms with van der Waals surface area (Å²) >= 11 is 0. The molecule has 0 fully saturated rings. The predicted octanol–water partition coefficient (Wildman–Crippen LogP) is 2.26. The van der Waals surface area contributed by atoms with Crippen molar-refractivity contribution in [3.8, 4) is 0 Å². The van der Waals surface area contributed by atoms with Gasteiger partial charge in [-0.2, -0.15) is 0 Å². The van der Waals surface area contributed by atoms with Crippen LogP contribution in [0.1, 0.15) is 48.0 Å². The summed E-state index contributed by atoms with van der Waals surface area (Å²) in [5.41, 5.74) is 0.344. The molecule has 20 heavy (non-hydrogen) atoms. The number of aromatic nitrogens is 1. The summed E-state index contributed by atoms with van der Waals surface area (Å²) in [6.45, 7) is 5.96. The number of anilines is 1. The largest absolute Gasteiger partial charge is 0.465 e. The molecule has 0 bridgehead atoms. The normalized spacial score (nSPS) is 11.6. The summed E-state index contributed by atoms with van der Waals surface area (Å²) < 4.78 is 9.57. The smallest absolute Gasteiger partial charge is 0.357 e. The highest BCUT2D eigenvalue weighted by Crippen LogP contribution is 2.14. The Morgan fingerprint density at radius 1 is 1.30 bits per heavy atom. The highest BCUT2D eigenvalue weighted by Gasteiger charge is 2.16. The Kier molecular flexibility index (Phi) is 5.96. The number of carbonyl (C=O) groups excluding carboxylic acids is 2. The summed E-state index contributed by atoms with van der Waals surface area (Å²) in [6.07, 6.45) is 0.888. The van der Waals surface area contributed by atoms with Gasteiger partial charge in [0.2, 0.25) is 0 Å². The zero-order valence-corrected chi connectivity index (χ0v) is 12.2. The molecule has 1 rings (SSSR count). The SMILES string of the molecule is CCOC(=O)c1cc(C(=O)OC)cc(N[C@@H](C)CC)n1. The lowest BCUT2D eigenvalue weighted by Crippen LogP contribution is -2.17. The molecule has 0 spiro atoms. The zero-order chi connectivity index (χ0) is 15.1. The van der Waals surface area contributed by atoms with Gasteiger partial charge in [0.25, 0.3) is 0 Å². The van der Waals surface area contributed by atoms with E-state index in [1.165, 1.54) is 13.2 Å². The van der Waals surface area contributed by atoms with Crippen molar-refractivity contribution in [2.24, 2.45) is 0 Å². The molecule has 6 heteroatoms. The Bertz CT molecular complexity index is 488. The fourth-order valence-electron chi connectivity index (χ4n) is 1.50. The topological polar surface area (TPSA) is 77.5 Å². The molecule has 0 aliphatic carbocycles. The molecule has 1 aromatic heterocycles. The Morgan fingerprint density at radius 3 is 2.55 bits per heavy atom. The highest BCUT2D eigenvalue weighted by atomic mass is 16.5. The molecule has 1 atom stereocenters. The van der Waals surface area contributed by atoms with Crippen LogP contribution in [0, 0.1) is 0 Å². The van der Waals surface area contributed by atoms with Crippen molar-refractivity contribution in [1.29, 1.82) is 0 Å². The second-order valence-electron chi connectivity index (χ2n) is 4.29. The van der Waals surface area contributed by atoms with Crippen LogP contribution in [-0.4, -0.2) is 36.7 Å². The highest BCUT2D eigenvalue weighted by molar-refractivity contribution is 5.95. The molecular weight excluding hydrogens is 260 g/mol. The maximum absolute atomic E-state index is 11.8. The van der Waals surface area contributed by atoms with E-state index in [9.17, 15) is 9.59 Å². The lowest BCUT2D eigenvalue weighted by Gasteiger charge is -2.14. The number of hydrogen-bond donors (Lipinski definition) is 1. The molecule has 6 nitrogen and oxygen atoms in total. The van der Waals surface area contributed by atoms with E-state index in [2.05, 4.69) is 15.0 Å². The van der Waals surface area contributed by atoms with Crippen LogP contribution in [0.3, 0.4) is 0 Å². The van der Waals surface area contributed by atoms with Crippen molar-refractivity contribution in [2.45, 2.75) is 33.2 Å². The second-order valence-corrected chi connectivity index (χ2v) is 4.29. The van der Waals surface area contributed by atoms with Gasteiger partial charge in [0, 0.05) is 6.04 Å². The Balaban J connectivity index is 3.13. The molecule has 1 aromatic rings. The summed E-state index contributed by atoms with van der Waals surface area (Å²) in [4.78, 5) is 27.5. The Hall–Kier alpha value is -2.11. The zero-order valence-electron chi connectivity index (χ0n) is 12.2. The van der Waals surface area contributed by atoms with Gasteiger partial charge in [0.15, 0.2) is 5.69 Å². The number of carbonyl (C=O) groups is 2. The van der Waals surface area contributed by atoms with Gasteiger partial charge in [0.1, 0.15) is 5.82 Å². The van der Waals surface area contributed by atoms with Gasteiger partial charge in [-0.15, -0.1) is 0 Å². The van der Waals surface area contributed by atoms with E-state index in [1.54, 1.807) is 13.0 Å². The third-order valence-electron chi connectivity index (χ3n) is 2.74. The van der Waals surface area contributed by atoms with Gasteiger partial charge in [-0.05, 0) is 32.4 Å². The number of hydrogen-bond acceptors (Lipinski definition) is 6. The summed E-state index contributed by atoms with van der Waals surface area (Å²) in [6, 6.07) is 3.09. The predicted molar refractivity (Wildman–Crippen MR) is 74.9 cm³/mol. The molecule has 0 aliphatic rings. The minimum absolute atomic E-state index is 0.0838. The van der Waals surface area contributed by atoms with Crippen molar-refractivity contribution in [1.82, 2.24) is 4.98 Å². The van der Waals surface area contributed by atoms with Gasteiger partial charge in [-0.25, -0.2) is 14.6 Å². The molecule has 0 unspecified atom stereocenters. The lowest BCUT2D eigenvalue weighted by molar-refractivity contribution is 0.0519. The number of nitrogens with one attached hydrogen (secondary N) is 1. The standard InChI is InChI=1S/C14H20N2O4/c1-5-9(3)15-12-8-10(13(17)19-4)7-11(16-12)14(18)20-6-2/h7-9H,5-6H2,1-4H3,(H,15,16)/t9-/m0/s1. The number of pyridine rings is 1. The van der Waals surface area contributed by atoms with Gasteiger partial charge in [-0.1, -0.05) is 6.92 Å². The third kappa shape index (κ3) is 4.22. The minimum Gasteiger partial charge on any atom is -0.465 e. The molecule has 0 aromatic carbocycles. The van der Waals surface area contributed by atoms with Crippen molar-refractivity contribution < 1.29 is 19.1 Å². The van der Waals surface area contributed by atoms with E-state index >= 15 is 0 Å². The first-order valence-electron chi connectivity index (χ1n) is 6.55. The lowest BCUT2D eigenvalue weighted by atomic mass is 10.2. The molecule has 0 aliphatic heterocycles. The van der Waals surface area contributed by atoms with Gasteiger partial charge in [-0.3, -0.25) is 0 Å². The van der Waals surface area contributed by atoms with Crippen LogP contribution in [0.2, 0.25) is 0 Å². The first-order chi connectivity index (χ1) is 9.51. The van der Waals surface area contributed by atoms with Crippen LogP contribution in [0.4, 0.5) is 5.82 Å². The minimum atomic E-state index is -0.564. The van der Waals surface area contributed by atoms with Gasteiger partial charge < -0.3 is 14.8 Å². The van der Waals surface area contributed by atoms with Crippen LogP contribution < -0.4 is 5.32 Å². The van der Waals surface area contributed by atoms with E-state index in [-0.39, 0.29) is 23.9 Å². The van der Waals surface area contributed by atoms with Crippen LogP contribution in [0.15, 0.2) is 12.1 Å². The fourth-order valence-corrected chi connectivity index (χ4v) is 1.50. The van der Waals surface area contributed by atoms with Crippen molar-refractivity contribution in [2.75, 3.05) is 19.0 Å². The van der Waals surface area contributed by atoms with Crippen molar-refractivity contribution in [3.05, 3.63) is 23.4 Å². The molecule has 0 amide bonds. The summed E-state index contributed by atoms with van der Waals surface area (Å²) in [5, 5.41) is 3.12. The number of rotatable bonds is 6. The Morgan fingerprint density at radius 2 is 2.00 bits per heavy atom. The van der Waals surface area contributed by atoms with E-state index in [0.29, 0.717) is 5.82 Å². The molecular formula is C14H20N2O4. The van der Waals surface area contributed by atoms with Gasteiger partial charge >= 0.3 is 11.9 Å². The average molecular weight is 280 g/mol. The molecule has 110 valence electrons. The fraction of sp³-hybridized carbons (Fsp3) is 0.500. The molecule has 1 heterocycles.